The largest absolute Gasteiger partial charge is 0.340 e. The second kappa shape index (κ2) is 5.64. The molecule has 2 fully saturated rings. The Kier molecular flexibility index (Phi) is 4.18. The summed E-state index contributed by atoms with van der Waals surface area (Å²) in [5, 5.41) is 3.27. The zero-order valence-corrected chi connectivity index (χ0v) is 10.2. The number of nitrogens with zero attached hydrogens (tertiary/aromatic N) is 2. The average Bonchev–Trinajstić information content (AvgIpc) is 2.73. The van der Waals surface area contributed by atoms with Crippen LogP contribution in [-0.2, 0) is 4.79 Å². The van der Waals surface area contributed by atoms with E-state index < -0.39 is 0 Å². The number of carbonyl (C=O) groups is 1. The van der Waals surface area contributed by atoms with Gasteiger partial charge >= 0.3 is 0 Å². The number of likely N-dealkylation sites (tertiary alicyclic amines) is 1. The van der Waals surface area contributed by atoms with Gasteiger partial charge in [-0.15, -0.1) is 0 Å². The highest BCUT2D eigenvalue weighted by Crippen LogP contribution is 2.19. The first-order chi connectivity index (χ1) is 7.77. The normalized spacial score (nSPS) is 27.3. The number of amides is 1. The van der Waals surface area contributed by atoms with Crippen molar-refractivity contribution >= 4 is 5.91 Å². The second-order valence-corrected chi connectivity index (χ2v) is 4.95. The molecular weight excluding hydrogens is 202 g/mol. The molecule has 0 bridgehead atoms. The molecule has 2 aliphatic heterocycles. The Bertz CT molecular complexity index is 238. The van der Waals surface area contributed by atoms with Gasteiger partial charge in [-0.2, -0.15) is 0 Å². The minimum absolute atomic E-state index is 0.349. The minimum atomic E-state index is 0.349. The maximum atomic E-state index is 11.9. The van der Waals surface area contributed by atoms with Gasteiger partial charge in [0.15, 0.2) is 0 Å². The molecule has 1 unspecified atom stereocenters. The van der Waals surface area contributed by atoms with Gasteiger partial charge < -0.3 is 15.1 Å². The monoisotopic (exact) mass is 225 g/mol. The Morgan fingerprint density at radius 3 is 2.69 bits per heavy atom. The quantitative estimate of drug-likeness (QED) is 0.750. The van der Waals surface area contributed by atoms with E-state index in [0.717, 1.165) is 39.0 Å². The molecule has 2 rings (SSSR count). The molecule has 4 heteroatoms. The van der Waals surface area contributed by atoms with E-state index >= 15 is 0 Å². The van der Waals surface area contributed by atoms with Crippen LogP contribution >= 0.6 is 0 Å². The van der Waals surface area contributed by atoms with Gasteiger partial charge in [0.25, 0.3) is 0 Å². The molecule has 0 aromatic carbocycles. The van der Waals surface area contributed by atoms with Crippen molar-refractivity contribution in [1.29, 1.82) is 0 Å². The van der Waals surface area contributed by atoms with Gasteiger partial charge in [0, 0.05) is 38.6 Å². The van der Waals surface area contributed by atoms with Crippen LogP contribution in [0.15, 0.2) is 0 Å². The van der Waals surface area contributed by atoms with Crippen molar-refractivity contribution in [2.75, 3.05) is 39.8 Å². The summed E-state index contributed by atoms with van der Waals surface area (Å²) < 4.78 is 0. The summed E-state index contributed by atoms with van der Waals surface area (Å²) in [6, 6.07) is 0.645. The first-order valence-corrected chi connectivity index (χ1v) is 6.46. The van der Waals surface area contributed by atoms with Crippen LogP contribution in [0.1, 0.15) is 25.7 Å². The second-order valence-electron chi connectivity index (χ2n) is 4.95. The van der Waals surface area contributed by atoms with Crippen molar-refractivity contribution in [3.05, 3.63) is 0 Å². The lowest BCUT2D eigenvalue weighted by Gasteiger charge is -2.28. The number of carbonyl (C=O) groups excluding carboxylic acids is 1. The van der Waals surface area contributed by atoms with Crippen LogP contribution in [-0.4, -0.2) is 61.5 Å². The molecule has 16 heavy (non-hydrogen) atoms. The summed E-state index contributed by atoms with van der Waals surface area (Å²) in [6.45, 7) is 4.88. The molecule has 1 amide bonds. The third-order valence-corrected chi connectivity index (χ3v) is 3.83. The summed E-state index contributed by atoms with van der Waals surface area (Å²) in [7, 11) is 2.17. The predicted molar refractivity (Wildman–Crippen MR) is 64.3 cm³/mol. The van der Waals surface area contributed by atoms with E-state index in [1.54, 1.807) is 0 Å². The van der Waals surface area contributed by atoms with Crippen molar-refractivity contribution in [2.24, 2.45) is 0 Å². The third-order valence-electron chi connectivity index (χ3n) is 3.83. The van der Waals surface area contributed by atoms with Gasteiger partial charge in [-0.25, -0.2) is 0 Å². The van der Waals surface area contributed by atoms with Crippen LogP contribution in [0.5, 0.6) is 0 Å². The molecule has 92 valence electrons. The van der Waals surface area contributed by atoms with Crippen molar-refractivity contribution in [1.82, 2.24) is 15.1 Å². The molecule has 2 heterocycles. The number of rotatable bonds is 3. The van der Waals surface area contributed by atoms with Crippen LogP contribution in [0, 0.1) is 0 Å². The predicted octanol–water partition coefficient (Wildman–Crippen LogP) is 0.293. The molecule has 0 saturated carbocycles. The zero-order chi connectivity index (χ0) is 11.4. The fourth-order valence-corrected chi connectivity index (χ4v) is 2.71. The summed E-state index contributed by atoms with van der Waals surface area (Å²) in [5.41, 5.74) is 0. The SMILES string of the molecule is CN1CCCC1CCC(=O)N1CCNCC1. The van der Waals surface area contributed by atoms with Crippen molar-refractivity contribution < 1.29 is 4.79 Å². The highest BCUT2D eigenvalue weighted by molar-refractivity contribution is 5.76. The molecule has 2 saturated heterocycles. The van der Waals surface area contributed by atoms with Crippen LogP contribution in [0.2, 0.25) is 0 Å². The standard InChI is InChI=1S/C12H23N3O/c1-14-8-2-3-11(14)4-5-12(16)15-9-6-13-7-10-15/h11,13H,2-10H2,1H3. The van der Waals surface area contributed by atoms with E-state index in [-0.39, 0.29) is 0 Å². The summed E-state index contributed by atoms with van der Waals surface area (Å²) in [4.78, 5) is 16.3. The molecule has 4 nitrogen and oxygen atoms in total. The van der Waals surface area contributed by atoms with Gasteiger partial charge in [-0.05, 0) is 32.9 Å². The lowest BCUT2D eigenvalue weighted by molar-refractivity contribution is -0.132. The molecule has 0 radical (unpaired) electrons. The van der Waals surface area contributed by atoms with Gasteiger partial charge in [0.2, 0.25) is 5.91 Å². The van der Waals surface area contributed by atoms with Crippen molar-refractivity contribution in [2.45, 2.75) is 31.7 Å². The van der Waals surface area contributed by atoms with Crippen LogP contribution in [0.4, 0.5) is 0 Å². The van der Waals surface area contributed by atoms with Gasteiger partial charge in [-0.1, -0.05) is 0 Å². The van der Waals surface area contributed by atoms with E-state index in [9.17, 15) is 4.79 Å². The summed E-state index contributed by atoms with van der Waals surface area (Å²) >= 11 is 0. The molecule has 0 aromatic rings. The van der Waals surface area contributed by atoms with E-state index in [2.05, 4.69) is 17.3 Å². The van der Waals surface area contributed by atoms with Crippen LogP contribution in [0.3, 0.4) is 0 Å². The molecule has 2 aliphatic rings. The van der Waals surface area contributed by atoms with E-state index in [1.165, 1.54) is 19.4 Å². The fraction of sp³-hybridized carbons (Fsp3) is 0.917. The number of hydrogen-bond acceptors (Lipinski definition) is 3. The number of piperazine rings is 1. The molecule has 0 spiro atoms. The Morgan fingerprint density at radius 2 is 2.06 bits per heavy atom. The molecular formula is C12H23N3O. The Balaban J connectivity index is 1.70. The van der Waals surface area contributed by atoms with Crippen molar-refractivity contribution in [3.63, 3.8) is 0 Å². The van der Waals surface area contributed by atoms with E-state index in [4.69, 9.17) is 0 Å². The average molecular weight is 225 g/mol. The number of nitrogens with one attached hydrogen (secondary N) is 1. The first-order valence-electron chi connectivity index (χ1n) is 6.46. The van der Waals surface area contributed by atoms with Gasteiger partial charge in [-0.3, -0.25) is 4.79 Å². The zero-order valence-electron chi connectivity index (χ0n) is 10.2. The Morgan fingerprint density at radius 1 is 1.31 bits per heavy atom. The topological polar surface area (TPSA) is 35.6 Å². The van der Waals surface area contributed by atoms with E-state index in [0.29, 0.717) is 11.9 Å². The fourth-order valence-electron chi connectivity index (χ4n) is 2.71. The maximum absolute atomic E-state index is 11.9. The Labute approximate surface area is 98.0 Å². The smallest absolute Gasteiger partial charge is 0.222 e. The van der Waals surface area contributed by atoms with Gasteiger partial charge in [0.1, 0.15) is 0 Å². The van der Waals surface area contributed by atoms with Gasteiger partial charge in [0.05, 0.1) is 0 Å². The molecule has 0 aliphatic carbocycles. The minimum Gasteiger partial charge on any atom is -0.340 e. The first kappa shape index (κ1) is 11.9. The lowest BCUT2D eigenvalue weighted by atomic mass is 10.1. The third kappa shape index (κ3) is 2.95. The summed E-state index contributed by atoms with van der Waals surface area (Å²) in [6.07, 6.45) is 4.34. The highest BCUT2D eigenvalue weighted by Gasteiger charge is 2.23. The van der Waals surface area contributed by atoms with E-state index in [1.807, 2.05) is 4.90 Å². The van der Waals surface area contributed by atoms with Crippen molar-refractivity contribution in [3.8, 4) is 0 Å². The van der Waals surface area contributed by atoms with Crippen LogP contribution < -0.4 is 5.32 Å². The number of hydrogen-bond donors (Lipinski definition) is 1. The molecule has 0 aromatic heterocycles. The van der Waals surface area contributed by atoms with Crippen LogP contribution in [0.25, 0.3) is 0 Å². The highest BCUT2D eigenvalue weighted by atomic mass is 16.2. The molecule has 1 N–H and O–H groups in total. The molecule has 1 atom stereocenters. The Hall–Kier alpha value is -0.610. The lowest BCUT2D eigenvalue weighted by Crippen LogP contribution is -2.46. The summed E-state index contributed by atoms with van der Waals surface area (Å²) in [5.74, 6) is 0.349. The maximum Gasteiger partial charge on any atom is 0.222 e.